The van der Waals surface area contributed by atoms with Crippen molar-refractivity contribution in [2.45, 2.75) is 57.0 Å². The number of rotatable bonds is 5. The lowest BCUT2D eigenvalue weighted by atomic mass is 9.94. The predicted octanol–water partition coefficient (Wildman–Crippen LogP) is 4.88. The van der Waals surface area contributed by atoms with Gasteiger partial charge in [-0.05, 0) is 49.9 Å². The first kappa shape index (κ1) is 22.2. The van der Waals surface area contributed by atoms with Crippen LogP contribution in [-0.4, -0.2) is 49.1 Å². The van der Waals surface area contributed by atoms with Gasteiger partial charge < -0.3 is 20.4 Å². The van der Waals surface area contributed by atoms with Crippen LogP contribution in [0.5, 0.6) is 0 Å². The Bertz CT molecular complexity index is 903. The average Bonchev–Trinajstić information content (AvgIpc) is 2.85. The zero-order chi connectivity index (χ0) is 22.3. The van der Waals surface area contributed by atoms with Gasteiger partial charge in [0, 0.05) is 43.6 Å². The van der Waals surface area contributed by atoms with Gasteiger partial charge in [0.25, 0.3) is 5.91 Å². The van der Waals surface area contributed by atoms with Crippen LogP contribution in [-0.2, 0) is 0 Å². The summed E-state index contributed by atoms with van der Waals surface area (Å²) >= 11 is 0. The van der Waals surface area contributed by atoms with Gasteiger partial charge >= 0.3 is 6.03 Å². The Balaban J connectivity index is 1.34. The zero-order valence-electron chi connectivity index (χ0n) is 18.9. The molecule has 0 unspecified atom stereocenters. The van der Waals surface area contributed by atoms with Gasteiger partial charge in [-0.25, -0.2) is 4.79 Å². The SMILES string of the molecule is CN(C(=O)c1ccccc1N1CCC(NC(=O)Nc2ccccc2)CC1)C1CCCCC1. The van der Waals surface area contributed by atoms with Crippen molar-refractivity contribution in [3.63, 3.8) is 0 Å². The average molecular weight is 435 g/mol. The highest BCUT2D eigenvalue weighted by Gasteiger charge is 2.27. The summed E-state index contributed by atoms with van der Waals surface area (Å²) in [5.41, 5.74) is 2.58. The summed E-state index contributed by atoms with van der Waals surface area (Å²) in [4.78, 5) is 29.9. The van der Waals surface area contributed by atoms with Gasteiger partial charge in [-0.2, -0.15) is 0 Å². The van der Waals surface area contributed by atoms with Crippen LogP contribution in [0.3, 0.4) is 0 Å². The number of anilines is 2. The van der Waals surface area contributed by atoms with Crippen molar-refractivity contribution in [3.8, 4) is 0 Å². The molecular formula is C26H34N4O2. The summed E-state index contributed by atoms with van der Waals surface area (Å²) in [5, 5.41) is 5.97. The standard InChI is InChI=1S/C26H34N4O2/c1-29(22-12-6-3-7-13-22)25(31)23-14-8-9-15-24(23)30-18-16-21(17-19-30)28-26(32)27-20-10-4-2-5-11-20/h2,4-5,8-11,14-15,21-22H,3,6-7,12-13,16-19H2,1H3,(H2,27,28,32). The van der Waals surface area contributed by atoms with Gasteiger partial charge in [0.1, 0.15) is 0 Å². The Morgan fingerprint density at radius 2 is 1.53 bits per heavy atom. The molecule has 2 N–H and O–H groups in total. The van der Waals surface area contributed by atoms with Gasteiger partial charge in [0.05, 0.1) is 5.56 Å². The van der Waals surface area contributed by atoms with E-state index in [-0.39, 0.29) is 18.0 Å². The van der Waals surface area contributed by atoms with E-state index in [0.717, 1.165) is 55.7 Å². The number of amides is 3. The van der Waals surface area contributed by atoms with E-state index in [4.69, 9.17) is 0 Å². The first-order valence-electron chi connectivity index (χ1n) is 11.9. The van der Waals surface area contributed by atoms with Crippen LogP contribution in [0.15, 0.2) is 54.6 Å². The van der Waals surface area contributed by atoms with E-state index in [1.165, 1.54) is 19.3 Å². The lowest BCUT2D eigenvalue weighted by molar-refractivity contribution is 0.0697. The summed E-state index contributed by atoms with van der Waals surface area (Å²) < 4.78 is 0. The normalized spacial score (nSPS) is 17.6. The van der Waals surface area contributed by atoms with Gasteiger partial charge in [0.15, 0.2) is 0 Å². The molecule has 1 saturated carbocycles. The first-order chi connectivity index (χ1) is 15.6. The van der Waals surface area contributed by atoms with Crippen LogP contribution in [0, 0.1) is 0 Å². The van der Waals surface area contributed by atoms with Gasteiger partial charge in [0.2, 0.25) is 0 Å². The molecule has 170 valence electrons. The van der Waals surface area contributed by atoms with Gasteiger partial charge in [-0.15, -0.1) is 0 Å². The molecule has 0 spiro atoms. The molecule has 2 aliphatic rings. The van der Waals surface area contributed by atoms with Crippen molar-refractivity contribution in [1.82, 2.24) is 10.2 Å². The van der Waals surface area contributed by atoms with Gasteiger partial charge in [-0.1, -0.05) is 49.6 Å². The highest BCUT2D eigenvalue weighted by molar-refractivity contribution is 6.00. The van der Waals surface area contributed by atoms with E-state index in [2.05, 4.69) is 21.6 Å². The Kier molecular flexibility index (Phi) is 7.30. The Labute approximate surface area is 191 Å². The number of carbonyl (C=O) groups is 2. The molecule has 3 amide bonds. The fourth-order valence-corrected chi connectivity index (χ4v) is 4.89. The van der Waals surface area contributed by atoms with Crippen molar-refractivity contribution < 1.29 is 9.59 Å². The third-order valence-corrected chi connectivity index (χ3v) is 6.78. The third-order valence-electron chi connectivity index (χ3n) is 6.78. The Morgan fingerprint density at radius 1 is 0.875 bits per heavy atom. The van der Waals surface area contributed by atoms with E-state index in [1.807, 2.05) is 60.5 Å². The maximum Gasteiger partial charge on any atom is 0.319 e. The summed E-state index contributed by atoms with van der Waals surface area (Å²) in [6.07, 6.45) is 7.61. The molecule has 32 heavy (non-hydrogen) atoms. The van der Waals surface area contributed by atoms with Gasteiger partial charge in [-0.3, -0.25) is 4.79 Å². The fourth-order valence-electron chi connectivity index (χ4n) is 4.89. The molecule has 2 aromatic rings. The molecule has 1 heterocycles. The maximum atomic E-state index is 13.3. The second-order valence-electron chi connectivity index (χ2n) is 8.95. The number of benzene rings is 2. The molecule has 1 saturated heterocycles. The van der Waals surface area contributed by atoms with E-state index in [1.54, 1.807) is 0 Å². The third kappa shape index (κ3) is 5.42. The lowest BCUT2D eigenvalue weighted by Gasteiger charge is -2.36. The molecule has 2 fully saturated rings. The van der Waals surface area contributed by atoms with Crippen molar-refractivity contribution in [2.75, 3.05) is 30.4 Å². The number of piperidine rings is 1. The molecule has 6 heteroatoms. The van der Waals surface area contributed by atoms with Crippen LogP contribution >= 0.6 is 0 Å². The fraction of sp³-hybridized carbons (Fsp3) is 0.462. The number of nitrogens with zero attached hydrogens (tertiary/aromatic N) is 2. The monoisotopic (exact) mass is 434 g/mol. The first-order valence-corrected chi connectivity index (χ1v) is 11.9. The van der Waals surface area contributed by atoms with Crippen LogP contribution < -0.4 is 15.5 Å². The van der Waals surface area contributed by atoms with Crippen LogP contribution in [0.4, 0.5) is 16.2 Å². The minimum absolute atomic E-state index is 0.120. The van der Waals surface area contributed by atoms with E-state index in [0.29, 0.717) is 6.04 Å². The van der Waals surface area contributed by atoms with Crippen LogP contribution in [0.25, 0.3) is 0 Å². The molecular weight excluding hydrogens is 400 g/mol. The summed E-state index contributed by atoms with van der Waals surface area (Å²) in [6.45, 7) is 1.63. The van der Waals surface area contributed by atoms with E-state index in [9.17, 15) is 9.59 Å². The minimum atomic E-state index is -0.167. The molecule has 6 nitrogen and oxygen atoms in total. The summed E-state index contributed by atoms with van der Waals surface area (Å²) in [6, 6.07) is 17.8. The summed E-state index contributed by atoms with van der Waals surface area (Å²) in [7, 11) is 1.95. The van der Waals surface area contributed by atoms with E-state index < -0.39 is 0 Å². The van der Waals surface area contributed by atoms with Crippen molar-refractivity contribution in [1.29, 1.82) is 0 Å². The molecule has 0 aromatic heterocycles. The Morgan fingerprint density at radius 3 is 2.25 bits per heavy atom. The number of nitrogens with one attached hydrogen (secondary N) is 2. The minimum Gasteiger partial charge on any atom is -0.371 e. The molecule has 2 aromatic carbocycles. The van der Waals surface area contributed by atoms with Crippen LogP contribution in [0.2, 0.25) is 0 Å². The van der Waals surface area contributed by atoms with Crippen molar-refractivity contribution >= 4 is 23.3 Å². The molecule has 1 aliphatic heterocycles. The molecule has 0 bridgehead atoms. The predicted molar refractivity (Wildman–Crippen MR) is 129 cm³/mol. The summed E-state index contributed by atoms with van der Waals surface area (Å²) in [5.74, 6) is 0.120. The zero-order valence-corrected chi connectivity index (χ0v) is 18.9. The molecule has 4 rings (SSSR count). The highest BCUT2D eigenvalue weighted by atomic mass is 16.2. The van der Waals surface area contributed by atoms with Crippen molar-refractivity contribution in [3.05, 3.63) is 60.2 Å². The quantitative estimate of drug-likeness (QED) is 0.705. The van der Waals surface area contributed by atoms with Crippen molar-refractivity contribution in [2.24, 2.45) is 0 Å². The topological polar surface area (TPSA) is 64.7 Å². The lowest BCUT2D eigenvalue weighted by Crippen LogP contribution is -2.46. The largest absolute Gasteiger partial charge is 0.371 e. The number of hydrogen-bond acceptors (Lipinski definition) is 3. The Hall–Kier alpha value is -3.02. The highest BCUT2D eigenvalue weighted by Crippen LogP contribution is 2.28. The number of hydrogen-bond donors (Lipinski definition) is 2. The molecule has 0 atom stereocenters. The molecule has 1 aliphatic carbocycles. The number of para-hydroxylation sites is 2. The number of carbonyl (C=O) groups excluding carboxylic acids is 2. The smallest absolute Gasteiger partial charge is 0.319 e. The molecule has 0 radical (unpaired) electrons. The maximum absolute atomic E-state index is 13.3. The van der Waals surface area contributed by atoms with E-state index >= 15 is 0 Å². The second-order valence-corrected chi connectivity index (χ2v) is 8.95. The number of urea groups is 1. The van der Waals surface area contributed by atoms with Crippen LogP contribution in [0.1, 0.15) is 55.3 Å². The second kappa shape index (κ2) is 10.5.